The molecule has 0 radical (unpaired) electrons. The average molecular weight is 300 g/mol. The van der Waals surface area contributed by atoms with Crippen molar-refractivity contribution in [2.45, 2.75) is 40.0 Å². The van der Waals surface area contributed by atoms with Crippen LogP contribution < -0.4 is 0 Å². The van der Waals surface area contributed by atoms with Gasteiger partial charge >= 0.3 is 11.9 Å². The minimum Gasteiger partial charge on any atom is -0.465 e. The quantitative estimate of drug-likeness (QED) is 0.315. The Kier molecular flexibility index (Phi) is 11.6. The summed E-state index contributed by atoms with van der Waals surface area (Å²) in [6.07, 6.45) is 3.91. The van der Waals surface area contributed by atoms with E-state index in [0.717, 1.165) is 12.8 Å². The van der Waals surface area contributed by atoms with Gasteiger partial charge in [-0.25, -0.2) is 0 Å². The minimum atomic E-state index is -0.335. The fourth-order valence-corrected chi connectivity index (χ4v) is 1.69. The molecule has 2 unspecified atom stereocenters. The molecule has 0 heterocycles. The summed E-state index contributed by atoms with van der Waals surface area (Å²) in [6.45, 7) is 10.5. The van der Waals surface area contributed by atoms with Crippen molar-refractivity contribution < 1.29 is 23.8 Å². The zero-order valence-corrected chi connectivity index (χ0v) is 13.4. The first-order valence-electron chi connectivity index (χ1n) is 7.54. The highest BCUT2D eigenvalue weighted by Crippen LogP contribution is 2.15. The number of hydrogen-bond acceptors (Lipinski definition) is 5. The van der Waals surface area contributed by atoms with E-state index in [4.69, 9.17) is 14.2 Å². The van der Waals surface area contributed by atoms with E-state index in [1.807, 2.05) is 6.92 Å². The summed E-state index contributed by atoms with van der Waals surface area (Å²) in [5, 5.41) is 0. The van der Waals surface area contributed by atoms with Crippen molar-refractivity contribution in [1.29, 1.82) is 0 Å². The monoisotopic (exact) mass is 300 g/mol. The molecule has 0 aromatic carbocycles. The van der Waals surface area contributed by atoms with Gasteiger partial charge in [-0.05, 0) is 12.8 Å². The molecule has 0 N–H and O–H groups in total. The van der Waals surface area contributed by atoms with Gasteiger partial charge in [0.15, 0.2) is 0 Å². The van der Waals surface area contributed by atoms with Gasteiger partial charge in [0.2, 0.25) is 0 Å². The molecule has 0 aliphatic rings. The fourth-order valence-electron chi connectivity index (χ4n) is 1.69. The third-order valence-corrected chi connectivity index (χ3v) is 2.96. The van der Waals surface area contributed by atoms with Crippen molar-refractivity contribution in [2.24, 2.45) is 11.8 Å². The Morgan fingerprint density at radius 2 is 1.62 bits per heavy atom. The SMILES string of the molecule is C=CCOCCOC(=O)C(C)CC(C)C(=O)OCCCC. The molecule has 0 aromatic rings. The first-order chi connectivity index (χ1) is 10.0. The smallest absolute Gasteiger partial charge is 0.308 e. The highest BCUT2D eigenvalue weighted by atomic mass is 16.6. The fraction of sp³-hybridized carbons (Fsp3) is 0.750. The third-order valence-electron chi connectivity index (χ3n) is 2.96. The number of rotatable bonds is 12. The molecule has 122 valence electrons. The van der Waals surface area contributed by atoms with Crippen LogP contribution in [0.2, 0.25) is 0 Å². The number of carbonyl (C=O) groups excluding carboxylic acids is 2. The molecular formula is C16H28O5. The second kappa shape index (κ2) is 12.4. The Labute approximate surface area is 127 Å². The number of ether oxygens (including phenoxy) is 3. The third kappa shape index (κ3) is 10.1. The summed E-state index contributed by atoms with van der Waals surface area (Å²) in [4.78, 5) is 23.4. The van der Waals surface area contributed by atoms with Crippen molar-refractivity contribution >= 4 is 11.9 Å². The predicted octanol–water partition coefficient (Wildman–Crippen LogP) is 2.74. The van der Waals surface area contributed by atoms with Crippen LogP contribution in [0.4, 0.5) is 0 Å². The summed E-state index contributed by atoms with van der Waals surface area (Å²) in [6, 6.07) is 0. The van der Waals surface area contributed by atoms with E-state index >= 15 is 0 Å². The molecular weight excluding hydrogens is 272 g/mol. The van der Waals surface area contributed by atoms with E-state index in [9.17, 15) is 9.59 Å². The van der Waals surface area contributed by atoms with Crippen LogP contribution in [0.15, 0.2) is 12.7 Å². The van der Waals surface area contributed by atoms with Gasteiger partial charge < -0.3 is 14.2 Å². The highest BCUT2D eigenvalue weighted by molar-refractivity contribution is 5.75. The first-order valence-corrected chi connectivity index (χ1v) is 7.54. The number of unbranched alkanes of at least 4 members (excludes halogenated alkanes) is 1. The van der Waals surface area contributed by atoms with Crippen molar-refractivity contribution in [3.8, 4) is 0 Å². The lowest BCUT2D eigenvalue weighted by Crippen LogP contribution is -2.23. The molecule has 0 aromatic heterocycles. The summed E-state index contributed by atoms with van der Waals surface area (Å²) in [5.41, 5.74) is 0. The molecule has 21 heavy (non-hydrogen) atoms. The topological polar surface area (TPSA) is 61.8 Å². The summed E-state index contributed by atoms with van der Waals surface area (Å²) >= 11 is 0. The largest absolute Gasteiger partial charge is 0.465 e. The van der Waals surface area contributed by atoms with E-state index in [1.54, 1.807) is 19.9 Å². The maximum absolute atomic E-state index is 11.7. The Morgan fingerprint density at radius 1 is 1.05 bits per heavy atom. The molecule has 0 saturated heterocycles. The second-order valence-electron chi connectivity index (χ2n) is 5.09. The summed E-state index contributed by atoms with van der Waals surface area (Å²) < 4.78 is 15.3. The molecule has 0 saturated carbocycles. The molecule has 0 aliphatic carbocycles. The summed E-state index contributed by atoms with van der Waals surface area (Å²) in [5.74, 6) is -1.21. The number of esters is 2. The summed E-state index contributed by atoms with van der Waals surface area (Å²) in [7, 11) is 0. The van der Waals surface area contributed by atoms with Crippen molar-refractivity contribution in [1.82, 2.24) is 0 Å². The maximum atomic E-state index is 11.7. The normalized spacial score (nSPS) is 13.3. The molecule has 2 atom stereocenters. The lowest BCUT2D eigenvalue weighted by atomic mass is 9.97. The molecule has 0 fully saturated rings. The minimum absolute atomic E-state index is 0.215. The van der Waals surface area contributed by atoms with Gasteiger partial charge in [0.05, 0.1) is 31.7 Å². The van der Waals surface area contributed by atoms with Gasteiger partial charge in [-0.3, -0.25) is 9.59 Å². The molecule has 0 rings (SSSR count). The van der Waals surface area contributed by atoms with Gasteiger partial charge in [-0.2, -0.15) is 0 Å². The zero-order valence-electron chi connectivity index (χ0n) is 13.4. The van der Waals surface area contributed by atoms with Crippen LogP contribution in [0.1, 0.15) is 40.0 Å². The number of carbonyl (C=O) groups is 2. The molecule has 0 aliphatic heterocycles. The van der Waals surface area contributed by atoms with Crippen LogP contribution in [0.25, 0.3) is 0 Å². The Balaban J connectivity index is 3.87. The van der Waals surface area contributed by atoms with Gasteiger partial charge in [0.25, 0.3) is 0 Å². The van der Waals surface area contributed by atoms with Crippen LogP contribution in [0, 0.1) is 11.8 Å². The van der Waals surface area contributed by atoms with Gasteiger partial charge in [0, 0.05) is 0 Å². The lowest BCUT2D eigenvalue weighted by Gasteiger charge is -2.16. The first kappa shape index (κ1) is 19.6. The van der Waals surface area contributed by atoms with Gasteiger partial charge in [-0.15, -0.1) is 6.58 Å². The van der Waals surface area contributed by atoms with E-state index in [1.165, 1.54) is 0 Å². The highest BCUT2D eigenvalue weighted by Gasteiger charge is 2.22. The second-order valence-corrected chi connectivity index (χ2v) is 5.09. The molecule has 5 heteroatoms. The maximum Gasteiger partial charge on any atom is 0.308 e. The zero-order chi connectivity index (χ0) is 16.1. The Hall–Kier alpha value is -1.36. The van der Waals surface area contributed by atoms with Crippen molar-refractivity contribution in [3.05, 3.63) is 12.7 Å². The Morgan fingerprint density at radius 3 is 2.14 bits per heavy atom. The van der Waals surface area contributed by atoms with Crippen LogP contribution in [0.3, 0.4) is 0 Å². The van der Waals surface area contributed by atoms with Crippen LogP contribution in [0.5, 0.6) is 0 Å². The van der Waals surface area contributed by atoms with Crippen LogP contribution in [-0.2, 0) is 23.8 Å². The molecule has 0 amide bonds. The van der Waals surface area contributed by atoms with Crippen molar-refractivity contribution in [2.75, 3.05) is 26.4 Å². The average Bonchev–Trinajstić information content (AvgIpc) is 2.46. The van der Waals surface area contributed by atoms with E-state index in [0.29, 0.717) is 26.2 Å². The van der Waals surface area contributed by atoms with Gasteiger partial charge in [0.1, 0.15) is 6.61 Å². The van der Waals surface area contributed by atoms with E-state index in [2.05, 4.69) is 6.58 Å². The van der Waals surface area contributed by atoms with E-state index in [-0.39, 0.29) is 30.4 Å². The van der Waals surface area contributed by atoms with Gasteiger partial charge in [-0.1, -0.05) is 33.3 Å². The molecule has 0 bridgehead atoms. The lowest BCUT2D eigenvalue weighted by molar-refractivity contribution is -0.152. The van der Waals surface area contributed by atoms with Crippen LogP contribution in [-0.4, -0.2) is 38.4 Å². The Bertz CT molecular complexity index is 314. The number of hydrogen-bond donors (Lipinski definition) is 0. The van der Waals surface area contributed by atoms with Crippen LogP contribution >= 0.6 is 0 Å². The van der Waals surface area contributed by atoms with Crippen molar-refractivity contribution in [3.63, 3.8) is 0 Å². The van der Waals surface area contributed by atoms with E-state index < -0.39 is 0 Å². The molecule has 0 spiro atoms. The molecule has 5 nitrogen and oxygen atoms in total. The standard InChI is InChI=1S/C16H28O5/c1-5-7-9-20-15(17)13(3)12-14(4)16(18)21-11-10-19-8-6-2/h6,13-14H,2,5,7-12H2,1,3-4H3. The predicted molar refractivity (Wildman–Crippen MR) is 80.8 cm³/mol.